The van der Waals surface area contributed by atoms with Gasteiger partial charge in [0.1, 0.15) is 0 Å². The lowest BCUT2D eigenvalue weighted by atomic mass is 10.3. The Morgan fingerprint density at radius 1 is 0.765 bits per heavy atom. The largest absolute Gasteiger partial charge is 0.395 e. The van der Waals surface area contributed by atoms with Gasteiger partial charge in [-0.05, 0) is 13.0 Å². The fourth-order valence-electron chi connectivity index (χ4n) is 1.73. The van der Waals surface area contributed by atoms with Crippen LogP contribution in [0.4, 0.5) is 0 Å². The predicted octanol–water partition coefficient (Wildman–Crippen LogP) is -1.58. The molecule has 0 aliphatic heterocycles. The van der Waals surface area contributed by atoms with Gasteiger partial charge >= 0.3 is 0 Å². The van der Waals surface area contributed by atoms with Crippen molar-refractivity contribution in [3.63, 3.8) is 0 Å². The van der Waals surface area contributed by atoms with E-state index >= 15 is 0 Å². The molecule has 0 bridgehead atoms. The first-order chi connectivity index (χ1) is 8.24. The van der Waals surface area contributed by atoms with Gasteiger partial charge in [0.15, 0.2) is 0 Å². The smallest absolute Gasteiger partial charge is 0.0998 e. The average Bonchev–Trinajstić information content (AvgIpc) is 2.31. The third kappa shape index (κ3) is 5.88. The Labute approximate surface area is 102 Å². The summed E-state index contributed by atoms with van der Waals surface area (Å²) in [5.41, 5.74) is 0. The standard InChI is InChI=1S/C11H24N2O4/c1-2-11(12(3-7-14)4-8-15)13(5-9-16)6-10-17/h2,14-17H,3-10H2,1H3. The summed E-state index contributed by atoms with van der Waals surface area (Å²) in [5.74, 6) is 0.802. The van der Waals surface area contributed by atoms with Gasteiger partial charge in [-0.3, -0.25) is 0 Å². The quantitative estimate of drug-likeness (QED) is 0.373. The van der Waals surface area contributed by atoms with Crippen LogP contribution in [0, 0.1) is 0 Å². The molecule has 6 heteroatoms. The molecule has 17 heavy (non-hydrogen) atoms. The number of nitrogens with zero attached hydrogens (tertiary/aromatic N) is 2. The van der Waals surface area contributed by atoms with Crippen LogP contribution in [0.1, 0.15) is 6.92 Å². The highest BCUT2D eigenvalue weighted by atomic mass is 16.3. The van der Waals surface area contributed by atoms with Crippen LogP contribution in [0.5, 0.6) is 0 Å². The molecule has 0 saturated carbocycles. The molecule has 0 spiro atoms. The Balaban J connectivity index is 4.70. The van der Waals surface area contributed by atoms with Crippen LogP contribution in [0.15, 0.2) is 11.9 Å². The molecule has 0 unspecified atom stereocenters. The summed E-state index contributed by atoms with van der Waals surface area (Å²) >= 11 is 0. The third-order valence-corrected chi connectivity index (χ3v) is 2.39. The lowest BCUT2D eigenvalue weighted by Gasteiger charge is -2.35. The van der Waals surface area contributed by atoms with Crippen LogP contribution in [-0.2, 0) is 0 Å². The molecule has 0 heterocycles. The first-order valence-corrected chi connectivity index (χ1v) is 5.84. The summed E-state index contributed by atoms with van der Waals surface area (Å²) in [6.45, 7) is 3.45. The van der Waals surface area contributed by atoms with Gasteiger partial charge in [0.2, 0.25) is 0 Å². The molecule has 4 N–H and O–H groups in total. The second-order valence-electron chi connectivity index (χ2n) is 3.52. The predicted molar refractivity (Wildman–Crippen MR) is 65.2 cm³/mol. The fourth-order valence-corrected chi connectivity index (χ4v) is 1.73. The van der Waals surface area contributed by atoms with E-state index < -0.39 is 0 Å². The Bertz CT molecular complexity index is 182. The number of hydrogen-bond donors (Lipinski definition) is 4. The molecule has 0 aromatic heterocycles. The maximum Gasteiger partial charge on any atom is 0.0998 e. The van der Waals surface area contributed by atoms with E-state index in [1.54, 1.807) is 0 Å². The van der Waals surface area contributed by atoms with Crippen molar-refractivity contribution < 1.29 is 20.4 Å². The number of rotatable bonds is 10. The van der Waals surface area contributed by atoms with E-state index in [1.807, 2.05) is 22.8 Å². The second-order valence-corrected chi connectivity index (χ2v) is 3.52. The lowest BCUT2D eigenvalue weighted by Crippen LogP contribution is -2.41. The van der Waals surface area contributed by atoms with Crippen LogP contribution >= 0.6 is 0 Å². The summed E-state index contributed by atoms with van der Waals surface area (Å²) in [4.78, 5) is 3.65. The molecule has 0 aromatic rings. The van der Waals surface area contributed by atoms with E-state index in [1.165, 1.54) is 0 Å². The molecule has 102 valence electrons. The zero-order chi connectivity index (χ0) is 13.1. The average molecular weight is 248 g/mol. The van der Waals surface area contributed by atoms with Crippen molar-refractivity contribution in [3.8, 4) is 0 Å². The molecule has 6 nitrogen and oxygen atoms in total. The maximum atomic E-state index is 8.98. The summed E-state index contributed by atoms with van der Waals surface area (Å²) in [6.07, 6.45) is 1.84. The van der Waals surface area contributed by atoms with Crippen molar-refractivity contribution in [2.24, 2.45) is 0 Å². The lowest BCUT2D eigenvalue weighted by molar-refractivity contribution is 0.119. The molecule has 0 aliphatic carbocycles. The zero-order valence-electron chi connectivity index (χ0n) is 10.4. The van der Waals surface area contributed by atoms with Gasteiger partial charge in [0.05, 0.1) is 32.2 Å². The molecule has 0 saturated heterocycles. The molecule has 0 aliphatic rings. The van der Waals surface area contributed by atoms with Gasteiger partial charge in [0, 0.05) is 26.2 Å². The van der Waals surface area contributed by atoms with E-state index in [0.29, 0.717) is 26.2 Å². The topological polar surface area (TPSA) is 87.4 Å². The van der Waals surface area contributed by atoms with Crippen molar-refractivity contribution in [1.29, 1.82) is 0 Å². The molecule has 0 radical (unpaired) electrons. The molecule has 0 amide bonds. The summed E-state index contributed by atoms with van der Waals surface area (Å²) in [5, 5.41) is 35.9. The van der Waals surface area contributed by atoms with Crippen LogP contribution in [0.25, 0.3) is 0 Å². The maximum absolute atomic E-state index is 8.98. The molecular weight excluding hydrogens is 224 g/mol. The Morgan fingerprint density at radius 3 is 1.24 bits per heavy atom. The van der Waals surface area contributed by atoms with Gasteiger partial charge in [-0.1, -0.05) is 0 Å². The van der Waals surface area contributed by atoms with Crippen molar-refractivity contribution in [3.05, 3.63) is 11.9 Å². The summed E-state index contributed by atoms with van der Waals surface area (Å²) < 4.78 is 0. The van der Waals surface area contributed by atoms with E-state index in [9.17, 15) is 0 Å². The minimum absolute atomic E-state index is 0.0105. The van der Waals surface area contributed by atoms with Crippen LogP contribution in [-0.4, -0.2) is 82.8 Å². The number of allylic oxidation sites excluding steroid dienone is 1. The van der Waals surface area contributed by atoms with Crippen LogP contribution in [0.3, 0.4) is 0 Å². The first kappa shape index (κ1) is 16.2. The Morgan fingerprint density at radius 2 is 1.06 bits per heavy atom. The van der Waals surface area contributed by atoms with Crippen molar-refractivity contribution in [2.45, 2.75) is 6.92 Å². The van der Waals surface area contributed by atoms with Gasteiger partial charge in [-0.25, -0.2) is 0 Å². The van der Waals surface area contributed by atoms with Crippen molar-refractivity contribution >= 4 is 0 Å². The van der Waals surface area contributed by atoms with Crippen LogP contribution < -0.4 is 0 Å². The highest BCUT2D eigenvalue weighted by Gasteiger charge is 2.14. The number of aliphatic hydroxyl groups excluding tert-OH is 4. The third-order valence-electron chi connectivity index (χ3n) is 2.39. The number of hydrogen-bond acceptors (Lipinski definition) is 6. The van der Waals surface area contributed by atoms with Crippen molar-refractivity contribution in [1.82, 2.24) is 9.80 Å². The van der Waals surface area contributed by atoms with Crippen molar-refractivity contribution in [2.75, 3.05) is 52.6 Å². The Hall–Kier alpha value is -0.820. The van der Waals surface area contributed by atoms with Gasteiger partial charge in [0.25, 0.3) is 0 Å². The summed E-state index contributed by atoms with van der Waals surface area (Å²) in [7, 11) is 0. The van der Waals surface area contributed by atoms with Gasteiger partial charge in [-0.2, -0.15) is 0 Å². The SMILES string of the molecule is CC=C(N(CCO)CCO)N(CCO)CCO. The summed E-state index contributed by atoms with van der Waals surface area (Å²) in [6, 6.07) is 0. The minimum Gasteiger partial charge on any atom is -0.395 e. The highest BCUT2D eigenvalue weighted by Crippen LogP contribution is 2.10. The van der Waals surface area contributed by atoms with Gasteiger partial charge < -0.3 is 30.2 Å². The first-order valence-electron chi connectivity index (χ1n) is 5.84. The number of aliphatic hydroxyl groups is 4. The van der Waals surface area contributed by atoms with E-state index in [0.717, 1.165) is 5.82 Å². The molecule has 0 atom stereocenters. The molecule has 0 aromatic carbocycles. The van der Waals surface area contributed by atoms with E-state index in [4.69, 9.17) is 20.4 Å². The van der Waals surface area contributed by atoms with Crippen LogP contribution in [0.2, 0.25) is 0 Å². The monoisotopic (exact) mass is 248 g/mol. The normalized spacial score (nSPS) is 10.2. The second kappa shape index (κ2) is 10.3. The molecule has 0 rings (SSSR count). The Kier molecular flexibility index (Phi) is 9.84. The zero-order valence-corrected chi connectivity index (χ0v) is 10.4. The van der Waals surface area contributed by atoms with E-state index in [-0.39, 0.29) is 26.4 Å². The minimum atomic E-state index is -0.0105. The molecular formula is C11H24N2O4. The van der Waals surface area contributed by atoms with E-state index in [2.05, 4.69) is 0 Å². The highest BCUT2D eigenvalue weighted by molar-refractivity contribution is 4.99. The fraction of sp³-hybridized carbons (Fsp3) is 0.818. The molecule has 0 fully saturated rings. The van der Waals surface area contributed by atoms with Gasteiger partial charge in [-0.15, -0.1) is 0 Å².